The monoisotopic (exact) mass is 376 g/mol. The van der Waals surface area contributed by atoms with Gasteiger partial charge in [-0.15, -0.1) is 0 Å². The molecule has 0 spiro atoms. The number of likely N-dealkylation sites (tertiary alicyclic amines) is 2. The van der Waals surface area contributed by atoms with Crippen molar-refractivity contribution in [1.82, 2.24) is 9.80 Å². The highest BCUT2D eigenvalue weighted by atomic mass is 35.5. The van der Waals surface area contributed by atoms with Crippen LogP contribution in [-0.2, 0) is 4.79 Å². The van der Waals surface area contributed by atoms with E-state index in [9.17, 15) is 22.8 Å². The van der Waals surface area contributed by atoms with Crippen molar-refractivity contribution >= 4 is 23.6 Å². The molecule has 1 aromatic rings. The zero-order valence-electron chi connectivity index (χ0n) is 13.2. The number of carbonyl (C=O) groups is 2. The summed E-state index contributed by atoms with van der Waals surface area (Å²) in [6.07, 6.45) is -0.654. The van der Waals surface area contributed by atoms with E-state index in [-0.39, 0.29) is 17.5 Å². The topological polar surface area (TPSA) is 49.9 Å². The second-order valence-electron chi connectivity index (χ2n) is 6.23. The number of hydrogen-bond donors (Lipinski definition) is 0. The first-order chi connectivity index (χ1) is 11.7. The Kier molecular flexibility index (Phi) is 4.81. The summed E-state index contributed by atoms with van der Waals surface area (Å²) in [5, 5.41) is 0.120. The molecule has 2 heterocycles. The van der Waals surface area contributed by atoms with Gasteiger partial charge < -0.3 is 9.64 Å². The van der Waals surface area contributed by atoms with Crippen LogP contribution in [0, 0.1) is 5.82 Å². The summed E-state index contributed by atoms with van der Waals surface area (Å²) in [4.78, 5) is 26.2. The Balaban J connectivity index is 1.73. The summed E-state index contributed by atoms with van der Waals surface area (Å²) in [6, 6.07) is 2.66. The maximum Gasteiger partial charge on any atom is 0.415 e. The number of nitrogens with zero attached hydrogens (tertiary/aromatic N) is 2. The molecule has 2 fully saturated rings. The number of rotatable bonds is 2. The molecule has 1 atom stereocenters. The SMILES string of the molecule is O=C(Oc1ccc(Cl)cc1F)N1CC(N2CCCC2=O)CC(F)(F)C1. The molecule has 0 aliphatic carbocycles. The predicted octanol–water partition coefficient (Wildman–Crippen LogP) is 3.31. The molecule has 1 aromatic carbocycles. The van der Waals surface area contributed by atoms with Crippen molar-refractivity contribution in [2.45, 2.75) is 31.2 Å². The van der Waals surface area contributed by atoms with Crippen LogP contribution in [0.1, 0.15) is 19.3 Å². The fourth-order valence-corrected chi connectivity index (χ4v) is 3.35. The minimum absolute atomic E-state index is 0.0740. The van der Waals surface area contributed by atoms with Gasteiger partial charge in [-0.05, 0) is 24.6 Å². The van der Waals surface area contributed by atoms with Gasteiger partial charge in [-0.2, -0.15) is 0 Å². The number of carbonyl (C=O) groups excluding carboxylic acids is 2. The van der Waals surface area contributed by atoms with Gasteiger partial charge in [0.15, 0.2) is 11.6 Å². The Morgan fingerprint density at radius 3 is 2.76 bits per heavy atom. The number of benzene rings is 1. The predicted molar refractivity (Wildman–Crippen MR) is 83.3 cm³/mol. The molecule has 0 bridgehead atoms. The van der Waals surface area contributed by atoms with Crippen LogP contribution in [0.3, 0.4) is 0 Å². The third-order valence-corrected chi connectivity index (χ3v) is 4.52. The largest absolute Gasteiger partial charge is 0.415 e. The summed E-state index contributed by atoms with van der Waals surface area (Å²) in [6.45, 7) is -0.511. The van der Waals surface area contributed by atoms with Crippen molar-refractivity contribution in [3.05, 3.63) is 29.0 Å². The van der Waals surface area contributed by atoms with E-state index in [1.165, 1.54) is 11.0 Å². The van der Waals surface area contributed by atoms with Gasteiger partial charge >= 0.3 is 6.09 Å². The molecular weight excluding hydrogens is 361 g/mol. The van der Waals surface area contributed by atoms with Crippen LogP contribution in [0.4, 0.5) is 18.0 Å². The zero-order valence-corrected chi connectivity index (χ0v) is 13.9. The van der Waals surface area contributed by atoms with E-state index < -0.39 is 42.6 Å². The second kappa shape index (κ2) is 6.74. The van der Waals surface area contributed by atoms with Crippen molar-refractivity contribution in [2.24, 2.45) is 0 Å². The lowest BCUT2D eigenvalue weighted by atomic mass is 10.0. The lowest BCUT2D eigenvalue weighted by molar-refractivity contribution is -0.135. The summed E-state index contributed by atoms with van der Waals surface area (Å²) < 4.78 is 46.7. The van der Waals surface area contributed by atoms with Gasteiger partial charge in [0.1, 0.15) is 0 Å². The molecule has 5 nitrogen and oxygen atoms in total. The van der Waals surface area contributed by atoms with Crippen LogP contribution < -0.4 is 4.74 Å². The lowest BCUT2D eigenvalue weighted by Crippen LogP contribution is -2.57. The highest BCUT2D eigenvalue weighted by molar-refractivity contribution is 6.30. The first-order valence-corrected chi connectivity index (χ1v) is 8.22. The third kappa shape index (κ3) is 4.00. The summed E-state index contributed by atoms with van der Waals surface area (Å²) in [7, 11) is 0. The van der Waals surface area contributed by atoms with Crippen molar-refractivity contribution < 1.29 is 27.5 Å². The van der Waals surface area contributed by atoms with Gasteiger partial charge in [0, 0.05) is 31.0 Å². The highest BCUT2D eigenvalue weighted by Gasteiger charge is 2.46. The molecule has 2 saturated heterocycles. The van der Waals surface area contributed by atoms with Gasteiger partial charge in [-0.25, -0.2) is 18.0 Å². The number of hydrogen-bond acceptors (Lipinski definition) is 3. The van der Waals surface area contributed by atoms with Gasteiger partial charge in [0.25, 0.3) is 5.92 Å². The van der Waals surface area contributed by atoms with Gasteiger partial charge in [-0.3, -0.25) is 9.69 Å². The smallest absolute Gasteiger partial charge is 0.407 e. The minimum Gasteiger partial charge on any atom is -0.407 e. The van der Waals surface area contributed by atoms with E-state index in [0.29, 0.717) is 19.4 Å². The number of piperidine rings is 1. The van der Waals surface area contributed by atoms with Crippen LogP contribution in [0.2, 0.25) is 5.02 Å². The van der Waals surface area contributed by atoms with Crippen molar-refractivity contribution in [3.8, 4) is 5.75 Å². The number of halogens is 4. The normalized spacial score (nSPS) is 23.0. The van der Waals surface area contributed by atoms with E-state index in [4.69, 9.17) is 16.3 Å². The van der Waals surface area contributed by atoms with E-state index in [2.05, 4.69) is 0 Å². The summed E-state index contributed by atoms with van der Waals surface area (Å²) >= 11 is 5.62. The zero-order chi connectivity index (χ0) is 18.2. The molecule has 25 heavy (non-hydrogen) atoms. The van der Waals surface area contributed by atoms with Gasteiger partial charge in [-0.1, -0.05) is 11.6 Å². The summed E-state index contributed by atoms with van der Waals surface area (Å²) in [5.74, 6) is -4.60. The maximum atomic E-state index is 14.0. The molecule has 1 unspecified atom stereocenters. The Hall–Kier alpha value is -1.96. The highest BCUT2D eigenvalue weighted by Crippen LogP contribution is 2.32. The average Bonchev–Trinajstić information content (AvgIpc) is 2.94. The Labute approximate surface area is 147 Å². The van der Waals surface area contributed by atoms with E-state index in [1.54, 1.807) is 0 Å². The molecule has 2 aliphatic heterocycles. The molecular formula is C16H16ClF3N2O3. The van der Waals surface area contributed by atoms with Crippen LogP contribution in [-0.4, -0.2) is 53.4 Å². The first kappa shape index (κ1) is 17.8. The Morgan fingerprint density at radius 2 is 2.12 bits per heavy atom. The molecule has 2 amide bonds. The Morgan fingerprint density at radius 1 is 1.36 bits per heavy atom. The molecule has 2 aliphatic rings. The Bertz CT molecular complexity index is 701. The van der Waals surface area contributed by atoms with Crippen molar-refractivity contribution in [2.75, 3.05) is 19.6 Å². The van der Waals surface area contributed by atoms with Gasteiger partial charge in [0.2, 0.25) is 5.91 Å². The molecule has 0 N–H and O–H groups in total. The minimum atomic E-state index is -3.15. The molecule has 136 valence electrons. The van der Waals surface area contributed by atoms with E-state index in [1.807, 2.05) is 0 Å². The first-order valence-electron chi connectivity index (χ1n) is 7.84. The van der Waals surface area contributed by atoms with Crippen LogP contribution in [0.25, 0.3) is 0 Å². The average molecular weight is 377 g/mol. The molecule has 3 rings (SSSR count). The van der Waals surface area contributed by atoms with Crippen LogP contribution in [0.15, 0.2) is 18.2 Å². The van der Waals surface area contributed by atoms with Crippen LogP contribution in [0.5, 0.6) is 5.75 Å². The fraction of sp³-hybridized carbons (Fsp3) is 0.500. The van der Waals surface area contributed by atoms with E-state index >= 15 is 0 Å². The third-order valence-electron chi connectivity index (χ3n) is 4.29. The molecule has 9 heteroatoms. The molecule has 0 radical (unpaired) electrons. The lowest BCUT2D eigenvalue weighted by Gasteiger charge is -2.40. The van der Waals surface area contributed by atoms with Gasteiger partial charge in [0.05, 0.1) is 12.6 Å². The number of ether oxygens (including phenoxy) is 1. The number of alkyl halides is 2. The quantitative estimate of drug-likeness (QED) is 0.795. The maximum absolute atomic E-state index is 14.0. The number of amides is 2. The van der Waals surface area contributed by atoms with Crippen molar-refractivity contribution in [1.29, 1.82) is 0 Å². The van der Waals surface area contributed by atoms with Crippen LogP contribution >= 0.6 is 11.6 Å². The van der Waals surface area contributed by atoms with Crippen molar-refractivity contribution in [3.63, 3.8) is 0 Å². The summed E-state index contributed by atoms with van der Waals surface area (Å²) in [5.41, 5.74) is 0. The standard InChI is InChI=1S/C16H16ClF3N2O3/c17-10-3-4-13(12(18)6-10)25-15(24)21-8-11(7-16(19,20)9-21)22-5-1-2-14(22)23/h3-4,6,11H,1-2,5,7-9H2. The fourth-order valence-electron chi connectivity index (χ4n) is 3.19. The van der Waals surface area contributed by atoms with E-state index in [0.717, 1.165) is 17.0 Å². The molecule has 0 aromatic heterocycles. The molecule has 0 saturated carbocycles. The second-order valence-corrected chi connectivity index (χ2v) is 6.66.